The molecule has 5 nitrogen and oxygen atoms in total. The largest absolute Gasteiger partial charge is 0.412 e. The highest BCUT2D eigenvalue weighted by atomic mass is 19.1. The van der Waals surface area contributed by atoms with Crippen LogP contribution in [0, 0.1) is 65.1 Å². The Balaban J connectivity index is -0.000000313. The van der Waals surface area contributed by atoms with Gasteiger partial charge in [0.05, 0.1) is 12.2 Å². The second-order valence-electron chi connectivity index (χ2n) is 22.1. The Labute approximate surface area is 381 Å². The van der Waals surface area contributed by atoms with Gasteiger partial charge in [0.1, 0.15) is 12.3 Å². The fourth-order valence-electron chi connectivity index (χ4n) is 8.90. The van der Waals surface area contributed by atoms with Crippen molar-refractivity contribution in [1.29, 1.82) is 0 Å². The monoisotopic (exact) mass is 879 g/mol. The fourth-order valence-corrected chi connectivity index (χ4v) is 8.90. The van der Waals surface area contributed by atoms with Crippen LogP contribution < -0.4 is 0 Å². The van der Waals surface area contributed by atoms with E-state index in [9.17, 15) is 8.78 Å². The van der Waals surface area contributed by atoms with Gasteiger partial charge >= 0.3 is 0 Å². The van der Waals surface area contributed by atoms with E-state index in [1.807, 2.05) is 13.8 Å². The normalized spacial score (nSPS) is 38.0. The standard InChI is InChI=1S/2C8H15F.2C8H16.C8H14.2C7H14O.3H2O.H2/c2*1-6-3-4-7(2)8(9)5-6;3*1-7-3-5-8(2)6-4-7;2*1-6-3-4-7(2)8-5-6;;;;/h2*6-8H,3-5H2,1-2H3;2*7-8H,3-6H2,1-2H3;3,8H,4-6H2,1-2H3;2*6-7H,3-5H2,1-2H3;3*1H2;1H. The lowest BCUT2D eigenvalue weighted by Gasteiger charge is -2.26. The van der Waals surface area contributed by atoms with E-state index in [2.05, 4.69) is 89.2 Å². The highest BCUT2D eigenvalue weighted by Crippen LogP contribution is 2.32. The average Bonchev–Trinajstić information content (AvgIpc) is 3.19. The molecule has 7 aliphatic rings. The molecule has 0 aromatic heterocycles. The average molecular weight is 879 g/mol. The molecular formula is C54H112F2O5. The van der Waals surface area contributed by atoms with E-state index in [0.717, 1.165) is 80.3 Å². The minimum Gasteiger partial charge on any atom is -0.412 e. The summed E-state index contributed by atoms with van der Waals surface area (Å²) in [5.41, 5.74) is 1.59. The number of hydrogen-bond acceptors (Lipinski definition) is 2. The zero-order valence-corrected chi connectivity index (χ0v) is 43.1. The highest BCUT2D eigenvalue weighted by molar-refractivity contribution is 5.02. The zero-order chi connectivity index (χ0) is 43.6. The van der Waals surface area contributed by atoms with Crippen molar-refractivity contribution in [2.24, 2.45) is 65.1 Å². The molecule has 6 fully saturated rings. The van der Waals surface area contributed by atoms with E-state index in [1.165, 1.54) is 109 Å². The van der Waals surface area contributed by atoms with Crippen molar-refractivity contribution in [3.8, 4) is 0 Å². The van der Waals surface area contributed by atoms with Crippen LogP contribution in [0.3, 0.4) is 0 Å². The fraction of sp³-hybridized carbons (Fsp3) is 0.963. The minimum absolute atomic E-state index is 0. The van der Waals surface area contributed by atoms with Crippen LogP contribution in [-0.2, 0) is 9.47 Å². The molecule has 0 aromatic rings. The number of allylic oxidation sites excluding steroid dienone is 2. The van der Waals surface area contributed by atoms with Gasteiger partial charge in [-0.25, -0.2) is 8.78 Å². The van der Waals surface area contributed by atoms with Gasteiger partial charge in [-0.05, 0) is 156 Å². The first-order valence-electron chi connectivity index (χ1n) is 25.5. The van der Waals surface area contributed by atoms with Crippen molar-refractivity contribution in [2.45, 2.75) is 256 Å². The molecule has 2 aliphatic heterocycles. The lowest BCUT2D eigenvalue weighted by atomic mass is 9.83. The maximum Gasteiger partial charge on any atom is 0.103 e. The lowest BCUT2D eigenvalue weighted by Crippen LogP contribution is -2.22. The molecule has 0 spiro atoms. The number of hydrogen-bond donors (Lipinski definition) is 0. The van der Waals surface area contributed by atoms with Crippen molar-refractivity contribution in [3.63, 3.8) is 0 Å². The summed E-state index contributed by atoms with van der Waals surface area (Å²) < 4.78 is 36.4. The molecule has 5 aliphatic carbocycles. The molecule has 11 unspecified atom stereocenters. The van der Waals surface area contributed by atoms with E-state index in [1.54, 1.807) is 5.57 Å². The van der Waals surface area contributed by atoms with E-state index < -0.39 is 12.3 Å². The molecule has 372 valence electrons. The summed E-state index contributed by atoms with van der Waals surface area (Å²) in [7, 11) is 0. The third-order valence-electron chi connectivity index (χ3n) is 14.7. The van der Waals surface area contributed by atoms with Crippen molar-refractivity contribution < 1.29 is 36.1 Å². The first kappa shape index (κ1) is 64.7. The molecule has 2 heterocycles. The summed E-state index contributed by atoms with van der Waals surface area (Å²) in [5.74, 6) is 8.50. The molecule has 61 heavy (non-hydrogen) atoms. The maximum absolute atomic E-state index is 12.8. The highest BCUT2D eigenvalue weighted by Gasteiger charge is 2.25. The van der Waals surface area contributed by atoms with E-state index >= 15 is 0 Å². The van der Waals surface area contributed by atoms with Crippen LogP contribution in [0.15, 0.2) is 11.6 Å². The van der Waals surface area contributed by atoms with E-state index in [-0.39, 0.29) is 17.9 Å². The lowest BCUT2D eigenvalue weighted by molar-refractivity contribution is 0.000174. The second-order valence-corrected chi connectivity index (χ2v) is 22.1. The third kappa shape index (κ3) is 34.4. The van der Waals surface area contributed by atoms with Gasteiger partial charge in [0.2, 0.25) is 0 Å². The molecule has 11 atom stereocenters. The SMILES string of the molecule is CC1=CCC(C)CC1.CC1CCC(C)C(F)C1.CC1CCC(C)C(F)C1.CC1CCC(C)CC1.CC1CCC(C)CC1.CC1CCC(C)OC1.CC1CCC(C)OC1.O.O.O.[HH]. The van der Waals surface area contributed by atoms with Crippen LogP contribution >= 0.6 is 0 Å². The van der Waals surface area contributed by atoms with Crippen LogP contribution in [0.5, 0.6) is 0 Å². The Hall–Kier alpha value is -0.600. The van der Waals surface area contributed by atoms with Crippen LogP contribution in [0.25, 0.3) is 0 Å². The molecular weight excluding hydrogens is 767 g/mol. The van der Waals surface area contributed by atoms with Crippen molar-refractivity contribution in [3.05, 3.63) is 11.6 Å². The van der Waals surface area contributed by atoms with Gasteiger partial charge in [0, 0.05) is 14.6 Å². The van der Waals surface area contributed by atoms with Crippen LogP contribution in [-0.4, -0.2) is 54.2 Å². The van der Waals surface area contributed by atoms with Gasteiger partial charge in [-0.1, -0.05) is 152 Å². The van der Waals surface area contributed by atoms with E-state index in [4.69, 9.17) is 9.47 Å². The Morgan fingerprint density at radius 3 is 0.885 bits per heavy atom. The Morgan fingerprint density at radius 1 is 0.393 bits per heavy atom. The zero-order valence-electron chi connectivity index (χ0n) is 43.1. The van der Waals surface area contributed by atoms with Gasteiger partial charge in [-0.3, -0.25) is 0 Å². The van der Waals surface area contributed by atoms with Gasteiger partial charge < -0.3 is 25.9 Å². The van der Waals surface area contributed by atoms with Gasteiger partial charge in [0.25, 0.3) is 0 Å². The molecule has 0 amide bonds. The summed E-state index contributed by atoms with van der Waals surface area (Å²) in [6, 6.07) is 0. The number of rotatable bonds is 0. The molecule has 7 heteroatoms. The van der Waals surface area contributed by atoms with E-state index in [0.29, 0.717) is 35.9 Å². The number of alkyl halides is 2. The third-order valence-corrected chi connectivity index (χ3v) is 14.7. The van der Waals surface area contributed by atoms with Crippen molar-refractivity contribution in [1.82, 2.24) is 0 Å². The Kier molecular flexibility index (Phi) is 39.9. The summed E-state index contributed by atoms with van der Waals surface area (Å²) >= 11 is 0. The van der Waals surface area contributed by atoms with Crippen molar-refractivity contribution >= 4 is 0 Å². The van der Waals surface area contributed by atoms with Gasteiger partial charge in [-0.2, -0.15) is 0 Å². The molecule has 0 radical (unpaired) electrons. The summed E-state index contributed by atoms with van der Waals surface area (Å²) in [6.07, 6.45) is 29.6. The Morgan fingerprint density at radius 2 is 0.689 bits per heavy atom. The summed E-state index contributed by atoms with van der Waals surface area (Å²) in [6.45, 7) is 33.0. The summed E-state index contributed by atoms with van der Waals surface area (Å²) in [5, 5.41) is 0. The van der Waals surface area contributed by atoms with Crippen molar-refractivity contribution in [2.75, 3.05) is 13.2 Å². The van der Waals surface area contributed by atoms with Crippen LogP contribution in [0.1, 0.15) is 233 Å². The molecule has 0 bridgehead atoms. The van der Waals surface area contributed by atoms with Gasteiger partial charge in [-0.15, -0.1) is 0 Å². The van der Waals surface area contributed by atoms with Gasteiger partial charge in [0.15, 0.2) is 0 Å². The van der Waals surface area contributed by atoms with Crippen LogP contribution in [0.2, 0.25) is 0 Å². The predicted molar refractivity (Wildman–Crippen MR) is 265 cm³/mol. The molecule has 7 rings (SSSR count). The second kappa shape index (κ2) is 37.6. The summed E-state index contributed by atoms with van der Waals surface area (Å²) in [4.78, 5) is 0. The minimum atomic E-state index is -0.520. The smallest absolute Gasteiger partial charge is 0.103 e. The molecule has 6 N–H and O–H groups in total. The molecule has 2 saturated heterocycles. The molecule has 4 saturated carbocycles. The maximum atomic E-state index is 12.8. The Bertz CT molecular complexity index is 843. The quantitative estimate of drug-likeness (QED) is 0.226. The topological polar surface area (TPSA) is 113 Å². The molecule has 0 aromatic carbocycles. The predicted octanol–water partition coefficient (Wildman–Crippen LogP) is 15.4. The first-order valence-corrected chi connectivity index (χ1v) is 25.5. The number of halogens is 2. The number of ether oxygens (including phenoxy) is 2. The van der Waals surface area contributed by atoms with Crippen LogP contribution in [0.4, 0.5) is 8.78 Å². The first-order chi connectivity index (χ1) is 27.3.